The van der Waals surface area contributed by atoms with Gasteiger partial charge in [0.25, 0.3) is 5.69 Å². The standard InChI is InChI=1S/C10H15N3O2S/c1-11-8-5-9(12-3-4-16-2)7-10(6-8)13(14)15/h5-7,11-12H,3-4H2,1-2H3. The fraction of sp³-hybridized carbons (Fsp3) is 0.400. The van der Waals surface area contributed by atoms with Crippen molar-refractivity contribution in [3.63, 3.8) is 0 Å². The maximum atomic E-state index is 10.7. The number of benzene rings is 1. The zero-order chi connectivity index (χ0) is 12.0. The van der Waals surface area contributed by atoms with E-state index in [-0.39, 0.29) is 10.6 Å². The second kappa shape index (κ2) is 6.22. The third-order valence-electron chi connectivity index (χ3n) is 2.05. The summed E-state index contributed by atoms with van der Waals surface area (Å²) >= 11 is 1.73. The Labute approximate surface area is 98.8 Å². The van der Waals surface area contributed by atoms with E-state index in [0.29, 0.717) is 0 Å². The van der Waals surface area contributed by atoms with Crippen molar-refractivity contribution < 1.29 is 4.92 Å². The summed E-state index contributed by atoms with van der Waals surface area (Å²) in [7, 11) is 1.74. The Morgan fingerprint density at radius 1 is 1.38 bits per heavy atom. The first-order chi connectivity index (χ1) is 7.67. The lowest BCUT2D eigenvalue weighted by molar-refractivity contribution is -0.384. The van der Waals surface area contributed by atoms with Crippen molar-refractivity contribution in [2.45, 2.75) is 0 Å². The third kappa shape index (κ3) is 3.62. The summed E-state index contributed by atoms with van der Waals surface area (Å²) in [5, 5.41) is 16.8. The number of rotatable bonds is 6. The third-order valence-corrected chi connectivity index (χ3v) is 2.66. The molecule has 0 aromatic heterocycles. The largest absolute Gasteiger partial charge is 0.388 e. The van der Waals surface area contributed by atoms with Crippen molar-refractivity contribution in [1.82, 2.24) is 0 Å². The van der Waals surface area contributed by atoms with Gasteiger partial charge in [-0.05, 0) is 12.3 Å². The number of nitrogens with one attached hydrogen (secondary N) is 2. The van der Waals surface area contributed by atoms with Crippen LogP contribution in [0.3, 0.4) is 0 Å². The molecule has 0 spiro atoms. The van der Waals surface area contributed by atoms with Gasteiger partial charge in [0.1, 0.15) is 0 Å². The lowest BCUT2D eigenvalue weighted by Crippen LogP contribution is -2.04. The first-order valence-electron chi connectivity index (χ1n) is 4.87. The van der Waals surface area contributed by atoms with Crippen LogP contribution in [0.15, 0.2) is 18.2 Å². The van der Waals surface area contributed by atoms with E-state index in [1.54, 1.807) is 24.9 Å². The van der Waals surface area contributed by atoms with Gasteiger partial charge in [-0.3, -0.25) is 10.1 Å². The molecule has 0 aliphatic carbocycles. The molecule has 0 aliphatic heterocycles. The first-order valence-corrected chi connectivity index (χ1v) is 6.27. The molecule has 16 heavy (non-hydrogen) atoms. The molecule has 1 aromatic carbocycles. The quantitative estimate of drug-likeness (QED) is 0.455. The summed E-state index contributed by atoms with van der Waals surface area (Å²) in [6.07, 6.45) is 2.02. The van der Waals surface area contributed by atoms with Gasteiger partial charge in [-0.2, -0.15) is 11.8 Å². The lowest BCUT2D eigenvalue weighted by Gasteiger charge is -2.07. The Kier molecular flexibility index (Phi) is 4.91. The van der Waals surface area contributed by atoms with E-state index in [1.807, 2.05) is 12.3 Å². The van der Waals surface area contributed by atoms with Crippen LogP contribution in [0.4, 0.5) is 17.1 Å². The summed E-state index contributed by atoms with van der Waals surface area (Å²) < 4.78 is 0. The van der Waals surface area contributed by atoms with Crippen molar-refractivity contribution in [2.75, 3.05) is 36.2 Å². The molecule has 0 unspecified atom stereocenters. The minimum Gasteiger partial charge on any atom is -0.388 e. The summed E-state index contributed by atoms with van der Waals surface area (Å²) in [6, 6.07) is 4.91. The van der Waals surface area contributed by atoms with Crippen LogP contribution in [-0.4, -0.2) is 30.5 Å². The fourth-order valence-electron chi connectivity index (χ4n) is 1.26. The van der Waals surface area contributed by atoms with E-state index in [4.69, 9.17) is 0 Å². The highest BCUT2D eigenvalue weighted by Crippen LogP contribution is 2.23. The molecule has 0 heterocycles. The van der Waals surface area contributed by atoms with Crippen LogP contribution in [0.1, 0.15) is 0 Å². The smallest absolute Gasteiger partial charge is 0.273 e. The molecule has 0 saturated heterocycles. The zero-order valence-electron chi connectivity index (χ0n) is 9.32. The molecule has 1 rings (SSSR count). The zero-order valence-corrected chi connectivity index (χ0v) is 10.1. The van der Waals surface area contributed by atoms with Gasteiger partial charge < -0.3 is 10.6 Å². The second-order valence-corrected chi connectivity index (χ2v) is 4.18. The van der Waals surface area contributed by atoms with Crippen molar-refractivity contribution >= 4 is 28.8 Å². The fourth-order valence-corrected chi connectivity index (χ4v) is 1.57. The molecule has 0 atom stereocenters. The molecular weight excluding hydrogens is 226 g/mol. The van der Waals surface area contributed by atoms with Crippen LogP contribution in [0, 0.1) is 10.1 Å². The number of hydrogen-bond acceptors (Lipinski definition) is 5. The van der Waals surface area contributed by atoms with Gasteiger partial charge in [0.2, 0.25) is 0 Å². The highest BCUT2D eigenvalue weighted by molar-refractivity contribution is 7.98. The Morgan fingerprint density at radius 3 is 2.62 bits per heavy atom. The Bertz CT molecular complexity index is 371. The number of anilines is 2. The molecule has 6 heteroatoms. The molecule has 0 radical (unpaired) electrons. The van der Waals surface area contributed by atoms with Gasteiger partial charge in [-0.1, -0.05) is 0 Å². The van der Waals surface area contributed by atoms with E-state index in [0.717, 1.165) is 23.7 Å². The van der Waals surface area contributed by atoms with Gasteiger partial charge in [0.05, 0.1) is 4.92 Å². The van der Waals surface area contributed by atoms with E-state index < -0.39 is 0 Å². The highest BCUT2D eigenvalue weighted by Gasteiger charge is 2.08. The van der Waals surface area contributed by atoms with Gasteiger partial charge in [0, 0.05) is 42.9 Å². The molecule has 1 aromatic rings. The van der Waals surface area contributed by atoms with E-state index in [1.165, 1.54) is 6.07 Å². The monoisotopic (exact) mass is 241 g/mol. The number of thioether (sulfide) groups is 1. The minimum atomic E-state index is -0.388. The summed E-state index contributed by atoms with van der Waals surface area (Å²) in [5.74, 6) is 0.970. The van der Waals surface area contributed by atoms with Gasteiger partial charge >= 0.3 is 0 Å². The minimum absolute atomic E-state index is 0.0958. The van der Waals surface area contributed by atoms with Crippen molar-refractivity contribution in [3.05, 3.63) is 28.3 Å². The number of nitro groups is 1. The van der Waals surface area contributed by atoms with Crippen LogP contribution >= 0.6 is 11.8 Å². The van der Waals surface area contributed by atoms with Crippen LogP contribution < -0.4 is 10.6 Å². The number of hydrogen-bond donors (Lipinski definition) is 2. The number of nitro benzene ring substituents is 1. The maximum absolute atomic E-state index is 10.7. The Hall–Kier alpha value is -1.43. The van der Waals surface area contributed by atoms with Crippen LogP contribution in [0.5, 0.6) is 0 Å². The molecule has 0 amide bonds. The molecule has 0 aliphatic rings. The average molecular weight is 241 g/mol. The molecule has 5 nitrogen and oxygen atoms in total. The van der Waals surface area contributed by atoms with Crippen LogP contribution in [-0.2, 0) is 0 Å². The van der Waals surface area contributed by atoms with E-state index in [2.05, 4.69) is 10.6 Å². The Morgan fingerprint density at radius 2 is 2.06 bits per heavy atom. The van der Waals surface area contributed by atoms with E-state index in [9.17, 15) is 10.1 Å². The molecule has 0 fully saturated rings. The topological polar surface area (TPSA) is 67.2 Å². The second-order valence-electron chi connectivity index (χ2n) is 3.20. The molecule has 0 saturated carbocycles. The van der Waals surface area contributed by atoms with Crippen molar-refractivity contribution in [3.8, 4) is 0 Å². The number of nitrogens with zero attached hydrogens (tertiary/aromatic N) is 1. The predicted molar refractivity (Wildman–Crippen MR) is 69.5 cm³/mol. The van der Waals surface area contributed by atoms with Crippen LogP contribution in [0.2, 0.25) is 0 Å². The average Bonchev–Trinajstić information content (AvgIpc) is 2.29. The molecule has 0 bridgehead atoms. The van der Waals surface area contributed by atoms with Gasteiger partial charge in [-0.15, -0.1) is 0 Å². The summed E-state index contributed by atoms with van der Waals surface area (Å²) in [5.41, 5.74) is 1.60. The molecular formula is C10H15N3O2S. The number of non-ortho nitro benzene ring substituents is 1. The van der Waals surface area contributed by atoms with Crippen molar-refractivity contribution in [1.29, 1.82) is 0 Å². The van der Waals surface area contributed by atoms with Crippen molar-refractivity contribution in [2.24, 2.45) is 0 Å². The summed E-state index contributed by atoms with van der Waals surface area (Å²) in [6.45, 7) is 0.797. The normalized spacial score (nSPS) is 9.88. The SMILES string of the molecule is CNc1cc(NCCSC)cc([N+](=O)[O-])c1. The summed E-state index contributed by atoms with van der Waals surface area (Å²) in [4.78, 5) is 10.3. The molecule has 2 N–H and O–H groups in total. The predicted octanol–water partition coefficient (Wildman–Crippen LogP) is 2.41. The highest BCUT2D eigenvalue weighted by atomic mass is 32.2. The Balaban J connectivity index is 2.82. The maximum Gasteiger partial charge on any atom is 0.273 e. The van der Waals surface area contributed by atoms with Gasteiger partial charge in [0.15, 0.2) is 0 Å². The first kappa shape index (κ1) is 12.6. The van der Waals surface area contributed by atoms with E-state index >= 15 is 0 Å². The molecule has 88 valence electrons. The van der Waals surface area contributed by atoms with Gasteiger partial charge in [-0.25, -0.2) is 0 Å². The lowest BCUT2D eigenvalue weighted by atomic mass is 10.2. The van der Waals surface area contributed by atoms with Crippen LogP contribution in [0.25, 0.3) is 0 Å².